The lowest BCUT2D eigenvalue weighted by Crippen LogP contribution is -2.21. The molecule has 0 aliphatic rings. The highest BCUT2D eigenvalue weighted by Crippen LogP contribution is 2.24. The summed E-state index contributed by atoms with van der Waals surface area (Å²) in [6.45, 7) is -0.509. The lowest BCUT2D eigenvalue weighted by molar-refractivity contribution is -0.147. The van der Waals surface area contributed by atoms with Crippen molar-refractivity contribution in [2.45, 2.75) is 12.8 Å². The third-order valence-corrected chi connectivity index (χ3v) is 4.56. The van der Waals surface area contributed by atoms with E-state index in [2.05, 4.69) is 21.2 Å². The smallest absolute Gasteiger partial charge is 0.306 e. The number of nitrogens with zero attached hydrogens (tertiary/aromatic N) is 1. The first kappa shape index (κ1) is 22.4. The standard InChI is InChI=1S/C20H16BrClN2O5/c1-28-18-6-3-13(21)8-15(18)17(25)5-7-20(27)29-11-19(26)24-14-4-2-12(10-23)16(22)9-14/h2-4,6,8-9H,5,7,11H2,1H3,(H,24,26). The number of Topliss-reactive ketones (excluding diaryl/α,β-unsaturated/α-hetero) is 1. The average molecular weight is 480 g/mol. The molecule has 1 N–H and O–H groups in total. The van der Waals surface area contributed by atoms with Gasteiger partial charge in [0.15, 0.2) is 12.4 Å². The largest absolute Gasteiger partial charge is 0.496 e. The number of esters is 1. The fourth-order valence-corrected chi connectivity index (χ4v) is 2.93. The number of amides is 1. The molecule has 0 saturated heterocycles. The van der Waals surface area contributed by atoms with E-state index in [4.69, 9.17) is 26.3 Å². The lowest BCUT2D eigenvalue weighted by Gasteiger charge is -2.09. The number of nitriles is 1. The van der Waals surface area contributed by atoms with Crippen LogP contribution in [-0.2, 0) is 14.3 Å². The van der Waals surface area contributed by atoms with Crippen molar-refractivity contribution >= 4 is 50.9 Å². The van der Waals surface area contributed by atoms with E-state index in [-0.39, 0.29) is 29.2 Å². The summed E-state index contributed by atoms with van der Waals surface area (Å²) >= 11 is 9.18. The molecule has 0 atom stereocenters. The van der Waals surface area contributed by atoms with Gasteiger partial charge in [-0.2, -0.15) is 5.26 Å². The van der Waals surface area contributed by atoms with E-state index in [0.29, 0.717) is 21.5 Å². The lowest BCUT2D eigenvalue weighted by atomic mass is 10.1. The quantitative estimate of drug-likeness (QED) is 0.451. The number of anilines is 1. The second-order valence-corrected chi connectivity index (χ2v) is 7.11. The molecule has 0 radical (unpaired) electrons. The molecule has 0 aromatic heterocycles. The van der Waals surface area contributed by atoms with Crippen LogP contribution in [0.2, 0.25) is 5.02 Å². The van der Waals surface area contributed by atoms with Gasteiger partial charge in [0.05, 0.1) is 29.7 Å². The first-order valence-corrected chi connectivity index (χ1v) is 9.53. The fraction of sp³-hybridized carbons (Fsp3) is 0.200. The highest BCUT2D eigenvalue weighted by molar-refractivity contribution is 9.10. The van der Waals surface area contributed by atoms with Gasteiger partial charge < -0.3 is 14.8 Å². The molecule has 2 aromatic rings. The molecular formula is C20H16BrClN2O5. The molecule has 9 heteroatoms. The minimum atomic E-state index is -0.680. The van der Waals surface area contributed by atoms with E-state index in [1.807, 2.05) is 6.07 Å². The van der Waals surface area contributed by atoms with Gasteiger partial charge in [0.25, 0.3) is 5.91 Å². The van der Waals surface area contributed by atoms with Gasteiger partial charge in [-0.25, -0.2) is 0 Å². The van der Waals surface area contributed by atoms with E-state index in [1.54, 1.807) is 18.2 Å². The summed E-state index contributed by atoms with van der Waals surface area (Å²) in [5.74, 6) is -1.12. The minimum absolute atomic E-state index is 0.0848. The van der Waals surface area contributed by atoms with Gasteiger partial charge in [0.1, 0.15) is 11.8 Å². The number of carbonyl (C=O) groups excluding carboxylic acids is 3. The number of halogens is 2. The van der Waals surface area contributed by atoms with Crippen LogP contribution in [-0.4, -0.2) is 31.4 Å². The molecule has 29 heavy (non-hydrogen) atoms. The van der Waals surface area contributed by atoms with Gasteiger partial charge in [0, 0.05) is 16.6 Å². The van der Waals surface area contributed by atoms with Crippen LogP contribution in [0.3, 0.4) is 0 Å². The molecule has 0 bridgehead atoms. The maximum absolute atomic E-state index is 12.3. The van der Waals surface area contributed by atoms with Crippen molar-refractivity contribution < 1.29 is 23.9 Å². The molecule has 7 nitrogen and oxygen atoms in total. The Morgan fingerprint density at radius 3 is 2.59 bits per heavy atom. The van der Waals surface area contributed by atoms with Crippen molar-refractivity contribution in [1.82, 2.24) is 0 Å². The van der Waals surface area contributed by atoms with Crippen LogP contribution in [0.5, 0.6) is 5.75 Å². The van der Waals surface area contributed by atoms with Crippen molar-refractivity contribution in [3.63, 3.8) is 0 Å². The summed E-state index contributed by atoms with van der Waals surface area (Å²) in [7, 11) is 1.45. The molecule has 150 valence electrons. The highest BCUT2D eigenvalue weighted by atomic mass is 79.9. The number of methoxy groups -OCH3 is 1. The molecule has 2 aromatic carbocycles. The number of ether oxygens (including phenoxy) is 2. The Labute approximate surface area is 180 Å². The van der Waals surface area contributed by atoms with Gasteiger partial charge in [-0.05, 0) is 36.4 Å². The molecule has 0 spiro atoms. The van der Waals surface area contributed by atoms with Crippen molar-refractivity contribution in [2.24, 2.45) is 0 Å². The molecule has 1 amide bonds. The fourth-order valence-electron chi connectivity index (χ4n) is 2.35. The minimum Gasteiger partial charge on any atom is -0.496 e. The van der Waals surface area contributed by atoms with E-state index < -0.39 is 18.5 Å². The molecular weight excluding hydrogens is 464 g/mol. The third-order valence-electron chi connectivity index (χ3n) is 3.76. The number of nitrogens with one attached hydrogen (secondary N) is 1. The van der Waals surface area contributed by atoms with Crippen LogP contribution < -0.4 is 10.1 Å². The predicted octanol–water partition coefficient (Wildman–Crippen LogP) is 4.13. The van der Waals surface area contributed by atoms with E-state index in [9.17, 15) is 14.4 Å². The Morgan fingerprint density at radius 1 is 1.17 bits per heavy atom. The topological polar surface area (TPSA) is 105 Å². The maximum atomic E-state index is 12.3. The van der Waals surface area contributed by atoms with Crippen molar-refractivity contribution in [3.8, 4) is 11.8 Å². The monoisotopic (exact) mass is 478 g/mol. The summed E-state index contributed by atoms with van der Waals surface area (Å²) in [6.07, 6.45) is -0.261. The van der Waals surface area contributed by atoms with Crippen LogP contribution >= 0.6 is 27.5 Å². The summed E-state index contributed by atoms with van der Waals surface area (Å²) in [5, 5.41) is 11.5. The number of rotatable bonds is 8. The van der Waals surface area contributed by atoms with E-state index in [0.717, 1.165) is 0 Å². The summed E-state index contributed by atoms with van der Waals surface area (Å²) in [6, 6.07) is 11.3. The van der Waals surface area contributed by atoms with Gasteiger partial charge in [-0.1, -0.05) is 27.5 Å². The van der Waals surface area contributed by atoms with Crippen LogP contribution in [0.4, 0.5) is 5.69 Å². The molecule has 0 aliphatic carbocycles. The summed E-state index contributed by atoms with van der Waals surface area (Å²) < 4.78 is 10.7. The van der Waals surface area contributed by atoms with E-state index >= 15 is 0 Å². The van der Waals surface area contributed by atoms with Crippen LogP contribution in [0.1, 0.15) is 28.8 Å². The number of hydrogen-bond donors (Lipinski definition) is 1. The molecule has 0 aliphatic heterocycles. The Bertz CT molecular complexity index is 987. The summed E-state index contributed by atoms with van der Waals surface area (Å²) in [5.41, 5.74) is 1.000. The Balaban J connectivity index is 1.82. The maximum Gasteiger partial charge on any atom is 0.306 e. The second-order valence-electron chi connectivity index (χ2n) is 5.78. The van der Waals surface area contributed by atoms with Crippen molar-refractivity contribution in [1.29, 1.82) is 5.26 Å². The normalized spacial score (nSPS) is 10.0. The Morgan fingerprint density at radius 2 is 1.93 bits per heavy atom. The Hall–Kier alpha value is -2.89. The molecule has 0 unspecified atom stereocenters. The third kappa shape index (κ3) is 6.59. The first-order chi connectivity index (χ1) is 13.8. The summed E-state index contributed by atoms with van der Waals surface area (Å²) in [4.78, 5) is 36.0. The predicted molar refractivity (Wildman–Crippen MR) is 110 cm³/mol. The van der Waals surface area contributed by atoms with Gasteiger partial charge in [-0.3, -0.25) is 14.4 Å². The van der Waals surface area contributed by atoms with Gasteiger partial charge in [0.2, 0.25) is 0 Å². The number of benzene rings is 2. The molecule has 0 heterocycles. The highest BCUT2D eigenvalue weighted by Gasteiger charge is 2.16. The van der Waals surface area contributed by atoms with Crippen LogP contribution in [0.15, 0.2) is 40.9 Å². The van der Waals surface area contributed by atoms with E-state index in [1.165, 1.54) is 25.3 Å². The molecule has 2 rings (SSSR count). The Kier molecular flexibility index (Phi) is 8.19. The molecule has 0 fully saturated rings. The van der Waals surface area contributed by atoms with Crippen LogP contribution in [0, 0.1) is 11.3 Å². The molecule has 0 saturated carbocycles. The zero-order chi connectivity index (χ0) is 21.4. The van der Waals surface area contributed by atoms with Gasteiger partial charge in [-0.15, -0.1) is 0 Å². The van der Waals surface area contributed by atoms with Gasteiger partial charge >= 0.3 is 5.97 Å². The number of hydrogen-bond acceptors (Lipinski definition) is 6. The number of carbonyl (C=O) groups is 3. The SMILES string of the molecule is COc1ccc(Br)cc1C(=O)CCC(=O)OCC(=O)Nc1ccc(C#N)c(Cl)c1. The number of ketones is 1. The zero-order valence-electron chi connectivity index (χ0n) is 15.3. The average Bonchev–Trinajstić information content (AvgIpc) is 2.70. The van der Waals surface area contributed by atoms with Crippen LogP contribution in [0.25, 0.3) is 0 Å². The first-order valence-electron chi connectivity index (χ1n) is 8.36. The second kappa shape index (κ2) is 10.6. The zero-order valence-corrected chi connectivity index (χ0v) is 17.7. The van der Waals surface area contributed by atoms with Crippen molar-refractivity contribution in [3.05, 3.63) is 57.0 Å². The van der Waals surface area contributed by atoms with Crippen molar-refractivity contribution in [2.75, 3.05) is 19.0 Å².